The molecule has 0 bridgehead atoms. The molecule has 0 aliphatic carbocycles. The van der Waals surface area contributed by atoms with Crippen LogP contribution in [-0.4, -0.2) is 39.2 Å². The number of benzene rings is 1. The smallest absolute Gasteiger partial charge is 0.240 e. The first kappa shape index (κ1) is 15.2. The van der Waals surface area contributed by atoms with Crippen molar-refractivity contribution in [2.75, 3.05) is 23.0 Å². The maximum absolute atomic E-state index is 6.14. The fourth-order valence-electron chi connectivity index (χ4n) is 2.05. The summed E-state index contributed by atoms with van der Waals surface area (Å²) < 4.78 is 5.30. The van der Waals surface area contributed by atoms with Crippen molar-refractivity contribution >= 4 is 35.1 Å². The maximum Gasteiger partial charge on any atom is 0.240 e. The molecule has 0 atom stereocenters. The lowest BCUT2D eigenvalue weighted by molar-refractivity contribution is 0.363. The molecule has 7 heteroatoms. The molecule has 0 spiro atoms. The van der Waals surface area contributed by atoms with E-state index in [-0.39, 0.29) is 0 Å². The molecule has 1 N–H and O–H groups in total. The van der Waals surface area contributed by atoms with E-state index in [9.17, 15) is 0 Å². The van der Waals surface area contributed by atoms with Gasteiger partial charge in [0.25, 0.3) is 0 Å². The molecule has 4 nitrogen and oxygen atoms in total. The van der Waals surface area contributed by atoms with Crippen molar-refractivity contribution in [3.05, 3.63) is 35.2 Å². The molecule has 1 aromatic heterocycles. The summed E-state index contributed by atoms with van der Waals surface area (Å²) in [5, 5.41) is 8.13. The van der Waals surface area contributed by atoms with E-state index >= 15 is 0 Å². The van der Waals surface area contributed by atoms with E-state index in [2.05, 4.69) is 15.5 Å². The second kappa shape index (κ2) is 7.54. The molecule has 0 saturated carbocycles. The largest absolute Gasteiger partial charge is 0.338 e. The first-order chi connectivity index (χ1) is 10.3. The van der Waals surface area contributed by atoms with Gasteiger partial charge in [-0.2, -0.15) is 28.5 Å². The monoisotopic (exact) mass is 341 g/mol. The number of aromatic nitrogens is 2. The van der Waals surface area contributed by atoms with E-state index in [1.54, 1.807) is 0 Å². The normalized spacial score (nSPS) is 16.8. The van der Waals surface area contributed by atoms with Crippen LogP contribution in [0.4, 0.5) is 0 Å². The lowest BCUT2D eigenvalue weighted by atomic mass is 10.2. The maximum atomic E-state index is 6.14. The van der Waals surface area contributed by atoms with Gasteiger partial charge in [-0.05, 0) is 12.1 Å². The SMILES string of the molecule is Clc1ccccc1-c1noc(CNC2CSCCSC2)n1. The quantitative estimate of drug-likeness (QED) is 0.920. The summed E-state index contributed by atoms with van der Waals surface area (Å²) in [4.78, 5) is 4.41. The van der Waals surface area contributed by atoms with Crippen molar-refractivity contribution in [3.63, 3.8) is 0 Å². The Balaban J connectivity index is 1.61. The van der Waals surface area contributed by atoms with Gasteiger partial charge in [0.1, 0.15) is 0 Å². The van der Waals surface area contributed by atoms with Crippen LogP contribution in [0, 0.1) is 0 Å². The minimum atomic E-state index is 0.498. The van der Waals surface area contributed by atoms with Gasteiger partial charge in [-0.15, -0.1) is 0 Å². The van der Waals surface area contributed by atoms with Crippen LogP contribution in [0.1, 0.15) is 5.89 Å². The van der Waals surface area contributed by atoms with E-state index in [4.69, 9.17) is 16.1 Å². The third-order valence-electron chi connectivity index (χ3n) is 3.13. The Morgan fingerprint density at radius 2 is 2.00 bits per heavy atom. The van der Waals surface area contributed by atoms with Gasteiger partial charge in [-0.1, -0.05) is 28.9 Å². The van der Waals surface area contributed by atoms with Crippen molar-refractivity contribution in [1.82, 2.24) is 15.5 Å². The van der Waals surface area contributed by atoms with Crippen molar-refractivity contribution in [1.29, 1.82) is 0 Å². The summed E-state index contributed by atoms with van der Waals surface area (Å²) in [5.41, 5.74) is 0.801. The molecule has 1 saturated heterocycles. The molecule has 3 rings (SSSR count). The summed E-state index contributed by atoms with van der Waals surface area (Å²) >= 11 is 10.1. The van der Waals surface area contributed by atoms with Crippen molar-refractivity contribution in [3.8, 4) is 11.4 Å². The van der Waals surface area contributed by atoms with Gasteiger partial charge in [0.15, 0.2) is 0 Å². The van der Waals surface area contributed by atoms with E-state index in [0.717, 1.165) is 17.1 Å². The summed E-state index contributed by atoms with van der Waals surface area (Å²) in [7, 11) is 0. The van der Waals surface area contributed by atoms with Crippen LogP contribution in [-0.2, 0) is 6.54 Å². The van der Waals surface area contributed by atoms with Gasteiger partial charge in [-0.25, -0.2) is 0 Å². The molecule has 2 heterocycles. The Kier molecular flexibility index (Phi) is 5.46. The highest BCUT2D eigenvalue weighted by molar-refractivity contribution is 8.03. The molecule has 1 aliphatic heterocycles. The molecule has 1 aromatic carbocycles. The second-order valence-corrected chi connectivity index (χ2v) is 7.43. The Hall–Kier alpha value is -0.690. The first-order valence-corrected chi connectivity index (χ1v) is 9.48. The van der Waals surface area contributed by atoms with Crippen LogP contribution in [0.5, 0.6) is 0 Å². The molecular formula is C14H16ClN3OS2. The van der Waals surface area contributed by atoms with Crippen molar-refractivity contribution in [2.45, 2.75) is 12.6 Å². The molecule has 2 aromatic rings. The minimum Gasteiger partial charge on any atom is -0.338 e. The zero-order valence-corrected chi connectivity index (χ0v) is 13.8. The Morgan fingerprint density at radius 3 is 2.76 bits per heavy atom. The summed E-state index contributed by atoms with van der Waals surface area (Å²) in [6.07, 6.45) is 0. The highest BCUT2D eigenvalue weighted by Crippen LogP contribution is 2.25. The van der Waals surface area contributed by atoms with E-state index in [1.807, 2.05) is 47.8 Å². The molecule has 0 radical (unpaired) electrons. The first-order valence-electron chi connectivity index (χ1n) is 6.79. The van der Waals surface area contributed by atoms with E-state index < -0.39 is 0 Å². The average molecular weight is 342 g/mol. The van der Waals surface area contributed by atoms with Crippen LogP contribution >= 0.6 is 35.1 Å². The lowest BCUT2D eigenvalue weighted by Crippen LogP contribution is -2.32. The number of rotatable bonds is 4. The fourth-order valence-corrected chi connectivity index (χ4v) is 4.73. The van der Waals surface area contributed by atoms with Gasteiger partial charge < -0.3 is 9.84 Å². The highest BCUT2D eigenvalue weighted by atomic mass is 35.5. The van der Waals surface area contributed by atoms with Gasteiger partial charge >= 0.3 is 0 Å². The van der Waals surface area contributed by atoms with E-state index in [1.165, 1.54) is 11.5 Å². The number of nitrogens with one attached hydrogen (secondary N) is 1. The topological polar surface area (TPSA) is 51.0 Å². The van der Waals surface area contributed by atoms with Crippen LogP contribution in [0.25, 0.3) is 11.4 Å². The summed E-state index contributed by atoms with van der Waals surface area (Å²) in [6.45, 7) is 0.600. The Labute approximate surface area is 137 Å². The number of nitrogens with zero attached hydrogens (tertiary/aromatic N) is 2. The molecule has 1 aliphatic rings. The molecule has 0 amide bonds. The van der Waals surface area contributed by atoms with Gasteiger partial charge in [0.2, 0.25) is 11.7 Å². The Morgan fingerprint density at radius 1 is 1.24 bits per heavy atom. The van der Waals surface area contributed by atoms with Crippen molar-refractivity contribution in [2.24, 2.45) is 0 Å². The average Bonchev–Trinajstić information content (AvgIpc) is 2.81. The third kappa shape index (κ3) is 4.16. The standard InChI is InChI=1S/C14H16ClN3OS2/c15-12-4-2-1-3-11(12)14-17-13(19-18-14)7-16-10-8-20-5-6-21-9-10/h1-4,10,16H,5-9H2. The van der Waals surface area contributed by atoms with Gasteiger partial charge in [0.05, 0.1) is 11.6 Å². The van der Waals surface area contributed by atoms with Crippen LogP contribution in [0.2, 0.25) is 5.02 Å². The van der Waals surface area contributed by atoms with Crippen LogP contribution < -0.4 is 5.32 Å². The summed E-state index contributed by atoms with van der Waals surface area (Å²) in [5.74, 6) is 5.89. The highest BCUT2D eigenvalue weighted by Gasteiger charge is 2.15. The number of hydrogen-bond donors (Lipinski definition) is 1. The number of thioether (sulfide) groups is 2. The third-order valence-corrected chi connectivity index (χ3v) is 5.98. The zero-order valence-electron chi connectivity index (χ0n) is 11.4. The second-order valence-electron chi connectivity index (χ2n) is 4.72. The number of halogens is 1. The predicted molar refractivity (Wildman–Crippen MR) is 90.0 cm³/mol. The van der Waals surface area contributed by atoms with Crippen LogP contribution in [0.15, 0.2) is 28.8 Å². The fraction of sp³-hybridized carbons (Fsp3) is 0.429. The molecular weight excluding hydrogens is 326 g/mol. The number of hydrogen-bond acceptors (Lipinski definition) is 6. The molecule has 112 valence electrons. The predicted octanol–water partition coefficient (Wildman–Crippen LogP) is 3.33. The van der Waals surface area contributed by atoms with Crippen LogP contribution in [0.3, 0.4) is 0 Å². The molecule has 0 unspecified atom stereocenters. The minimum absolute atomic E-state index is 0.498. The van der Waals surface area contributed by atoms with E-state index in [0.29, 0.717) is 29.3 Å². The van der Waals surface area contributed by atoms with Gasteiger partial charge in [0, 0.05) is 34.6 Å². The van der Waals surface area contributed by atoms with Gasteiger partial charge in [-0.3, -0.25) is 0 Å². The molecule has 1 fully saturated rings. The van der Waals surface area contributed by atoms with Crippen molar-refractivity contribution < 1.29 is 4.52 Å². The molecule has 21 heavy (non-hydrogen) atoms. The Bertz CT molecular complexity index is 585. The lowest BCUT2D eigenvalue weighted by Gasteiger charge is -2.13. The zero-order chi connectivity index (χ0) is 14.5. The summed E-state index contributed by atoms with van der Waals surface area (Å²) in [6, 6.07) is 8.01.